The van der Waals surface area contributed by atoms with Crippen LogP contribution in [0.15, 0.2) is 60.5 Å². The topological polar surface area (TPSA) is 64.0 Å². The Morgan fingerprint density at radius 2 is 1.96 bits per heavy atom. The summed E-state index contributed by atoms with van der Waals surface area (Å²) >= 11 is 1.40. The maximum atomic E-state index is 11.9. The third-order valence-electron chi connectivity index (χ3n) is 3.33. The summed E-state index contributed by atoms with van der Waals surface area (Å²) in [6.07, 6.45) is 5.67. The van der Waals surface area contributed by atoms with Gasteiger partial charge in [0.05, 0.1) is 11.2 Å². The molecular formula is C17H15N3O2S. The van der Waals surface area contributed by atoms with Gasteiger partial charge in [-0.2, -0.15) is 0 Å². The van der Waals surface area contributed by atoms with Crippen molar-refractivity contribution < 1.29 is 9.59 Å². The molecule has 3 aromatic rings. The van der Waals surface area contributed by atoms with E-state index in [2.05, 4.69) is 10.3 Å². The van der Waals surface area contributed by atoms with Crippen molar-refractivity contribution in [2.24, 2.45) is 0 Å². The molecule has 0 radical (unpaired) electrons. The molecule has 0 spiro atoms. The lowest BCUT2D eigenvalue weighted by Gasteiger charge is -2.07. The molecule has 3 rings (SSSR count). The van der Waals surface area contributed by atoms with Crippen molar-refractivity contribution in [2.75, 3.05) is 5.32 Å². The van der Waals surface area contributed by atoms with Gasteiger partial charge in [0, 0.05) is 36.6 Å². The number of ketones is 1. The molecule has 0 aliphatic heterocycles. The lowest BCUT2D eigenvalue weighted by molar-refractivity contribution is -0.116. The average Bonchev–Trinajstić information content (AvgIpc) is 3.26. The van der Waals surface area contributed by atoms with E-state index in [9.17, 15) is 9.59 Å². The summed E-state index contributed by atoms with van der Waals surface area (Å²) in [6.45, 7) is 0. The van der Waals surface area contributed by atoms with Crippen LogP contribution in [0, 0.1) is 0 Å². The van der Waals surface area contributed by atoms with Gasteiger partial charge in [0.25, 0.3) is 0 Å². The van der Waals surface area contributed by atoms with E-state index in [4.69, 9.17) is 0 Å². The van der Waals surface area contributed by atoms with Crippen LogP contribution in [0.1, 0.15) is 22.5 Å². The summed E-state index contributed by atoms with van der Waals surface area (Å²) < 4.78 is 1.88. The molecular weight excluding hydrogens is 310 g/mol. The number of anilines is 1. The molecule has 0 fully saturated rings. The highest BCUT2D eigenvalue weighted by atomic mass is 32.1. The molecule has 0 aliphatic rings. The van der Waals surface area contributed by atoms with Crippen molar-refractivity contribution in [3.63, 3.8) is 0 Å². The quantitative estimate of drug-likeness (QED) is 0.705. The molecule has 0 atom stereocenters. The van der Waals surface area contributed by atoms with Crippen molar-refractivity contribution in [1.82, 2.24) is 9.55 Å². The van der Waals surface area contributed by atoms with Crippen LogP contribution >= 0.6 is 11.3 Å². The van der Waals surface area contributed by atoms with Gasteiger partial charge in [-0.15, -0.1) is 11.3 Å². The molecule has 2 aromatic heterocycles. The van der Waals surface area contributed by atoms with Crippen molar-refractivity contribution in [3.05, 3.63) is 65.4 Å². The van der Waals surface area contributed by atoms with Gasteiger partial charge in [0.15, 0.2) is 5.78 Å². The lowest BCUT2D eigenvalue weighted by atomic mass is 10.2. The standard InChI is InChI=1S/C17H15N3O2S/c21-15(16-2-1-11-23-16)7-8-17(22)19-13-3-5-14(6-4-13)20-10-9-18-12-20/h1-6,9-12H,7-8H2,(H,19,22). The monoisotopic (exact) mass is 325 g/mol. The molecule has 0 unspecified atom stereocenters. The van der Waals surface area contributed by atoms with E-state index < -0.39 is 0 Å². The molecule has 23 heavy (non-hydrogen) atoms. The number of thiophene rings is 1. The Kier molecular flexibility index (Phi) is 4.63. The number of hydrogen-bond donors (Lipinski definition) is 1. The molecule has 1 aromatic carbocycles. The first-order chi connectivity index (χ1) is 11.2. The van der Waals surface area contributed by atoms with E-state index in [0.29, 0.717) is 10.6 Å². The van der Waals surface area contributed by atoms with Crippen LogP contribution in [0.4, 0.5) is 5.69 Å². The van der Waals surface area contributed by atoms with Gasteiger partial charge in [-0.05, 0) is 35.7 Å². The second-order valence-corrected chi connectivity index (χ2v) is 5.91. The Balaban J connectivity index is 1.53. The zero-order chi connectivity index (χ0) is 16.1. The smallest absolute Gasteiger partial charge is 0.224 e. The van der Waals surface area contributed by atoms with Crippen molar-refractivity contribution in [3.8, 4) is 5.69 Å². The van der Waals surface area contributed by atoms with Crippen molar-refractivity contribution in [2.45, 2.75) is 12.8 Å². The number of nitrogens with zero attached hydrogens (tertiary/aromatic N) is 2. The molecule has 2 heterocycles. The van der Waals surface area contributed by atoms with Crippen LogP contribution < -0.4 is 5.32 Å². The molecule has 5 nitrogen and oxygen atoms in total. The highest BCUT2D eigenvalue weighted by Gasteiger charge is 2.10. The van der Waals surface area contributed by atoms with Gasteiger partial charge >= 0.3 is 0 Å². The third kappa shape index (κ3) is 3.92. The first-order valence-electron chi connectivity index (χ1n) is 7.17. The van der Waals surface area contributed by atoms with Gasteiger partial charge in [-0.3, -0.25) is 9.59 Å². The SMILES string of the molecule is O=C(CCC(=O)c1cccs1)Nc1ccc(-n2ccnc2)cc1. The molecule has 0 bridgehead atoms. The molecule has 6 heteroatoms. The van der Waals surface area contributed by atoms with E-state index in [1.165, 1.54) is 11.3 Å². The molecule has 1 N–H and O–H groups in total. The summed E-state index contributed by atoms with van der Waals surface area (Å²) in [7, 11) is 0. The minimum Gasteiger partial charge on any atom is -0.326 e. The van der Waals surface area contributed by atoms with Crippen LogP contribution in [0.5, 0.6) is 0 Å². The van der Waals surface area contributed by atoms with E-state index in [1.54, 1.807) is 18.6 Å². The molecule has 116 valence electrons. The highest BCUT2D eigenvalue weighted by Crippen LogP contribution is 2.15. The molecule has 0 saturated heterocycles. The Labute approximate surface area is 137 Å². The second kappa shape index (κ2) is 7.02. The number of benzene rings is 1. The minimum atomic E-state index is -0.162. The maximum absolute atomic E-state index is 11.9. The molecule has 0 aliphatic carbocycles. The number of aromatic nitrogens is 2. The van der Waals surface area contributed by atoms with Crippen molar-refractivity contribution >= 4 is 28.7 Å². The number of amides is 1. The van der Waals surface area contributed by atoms with E-state index in [0.717, 1.165) is 5.69 Å². The maximum Gasteiger partial charge on any atom is 0.224 e. The summed E-state index contributed by atoms with van der Waals surface area (Å²) in [6, 6.07) is 11.1. The van der Waals surface area contributed by atoms with Crippen LogP contribution in [0.2, 0.25) is 0 Å². The zero-order valence-corrected chi connectivity index (χ0v) is 13.1. The minimum absolute atomic E-state index is 0.00519. The summed E-state index contributed by atoms with van der Waals surface area (Å²) in [5, 5.41) is 4.66. The number of rotatable bonds is 6. The van der Waals surface area contributed by atoms with Gasteiger partial charge in [-0.25, -0.2) is 4.98 Å². The largest absolute Gasteiger partial charge is 0.326 e. The third-order valence-corrected chi connectivity index (χ3v) is 4.24. The number of imidazole rings is 1. The Hall–Kier alpha value is -2.73. The fourth-order valence-corrected chi connectivity index (χ4v) is 2.83. The van der Waals surface area contributed by atoms with E-state index >= 15 is 0 Å². The Bertz CT molecular complexity index is 778. The van der Waals surface area contributed by atoms with Gasteiger partial charge in [0.2, 0.25) is 5.91 Å². The Morgan fingerprint density at radius 1 is 1.13 bits per heavy atom. The predicted octanol–water partition coefficient (Wildman–Crippen LogP) is 3.54. The summed E-state index contributed by atoms with van der Waals surface area (Å²) in [4.78, 5) is 28.5. The lowest BCUT2D eigenvalue weighted by Crippen LogP contribution is -2.13. The van der Waals surface area contributed by atoms with Crippen LogP contribution in [-0.4, -0.2) is 21.2 Å². The fraction of sp³-hybridized carbons (Fsp3) is 0.118. The van der Waals surface area contributed by atoms with E-state index in [-0.39, 0.29) is 24.5 Å². The van der Waals surface area contributed by atoms with Gasteiger partial charge < -0.3 is 9.88 Å². The van der Waals surface area contributed by atoms with Crippen LogP contribution in [-0.2, 0) is 4.79 Å². The molecule has 0 saturated carbocycles. The zero-order valence-electron chi connectivity index (χ0n) is 12.3. The number of hydrogen-bond acceptors (Lipinski definition) is 4. The first kappa shape index (κ1) is 15.2. The molecule has 1 amide bonds. The highest BCUT2D eigenvalue weighted by molar-refractivity contribution is 7.12. The summed E-state index contributed by atoms with van der Waals surface area (Å²) in [5.41, 5.74) is 1.68. The number of Topliss-reactive ketones (excluding diaryl/α,β-unsaturated/α-hetero) is 1. The second-order valence-electron chi connectivity index (χ2n) is 4.97. The number of carbonyl (C=O) groups is 2. The van der Waals surface area contributed by atoms with Gasteiger partial charge in [0.1, 0.15) is 0 Å². The van der Waals surface area contributed by atoms with Crippen LogP contribution in [0.3, 0.4) is 0 Å². The van der Waals surface area contributed by atoms with Crippen molar-refractivity contribution in [1.29, 1.82) is 0 Å². The van der Waals surface area contributed by atoms with E-state index in [1.807, 2.05) is 46.5 Å². The number of carbonyl (C=O) groups excluding carboxylic acids is 2. The normalized spacial score (nSPS) is 10.4. The van der Waals surface area contributed by atoms with Gasteiger partial charge in [-0.1, -0.05) is 6.07 Å². The fourth-order valence-electron chi connectivity index (χ4n) is 2.14. The van der Waals surface area contributed by atoms with Crippen LogP contribution in [0.25, 0.3) is 5.69 Å². The predicted molar refractivity (Wildman–Crippen MR) is 90.1 cm³/mol. The first-order valence-corrected chi connectivity index (χ1v) is 8.05. The average molecular weight is 325 g/mol. The number of nitrogens with one attached hydrogen (secondary N) is 1. The summed E-state index contributed by atoms with van der Waals surface area (Å²) in [5.74, 6) is -0.157. The Morgan fingerprint density at radius 3 is 2.61 bits per heavy atom.